The molecule has 1 heterocycles. The van der Waals surface area contributed by atoms with Crippen molar-refractivity contribution in [1.82, 2.24) is 0 Å². The van der Waals surface area contributed by atoms with E-state index in [2.05, 4.69) is 0 Å². The Labute approximate surface area is 135 Å². The number of fused-ring (bicyclic) bond motifs is 1. The third-order valence-corrected chi connectivity index (χ3v) is 4.06. The summed E-state index contributed by atoms with van der Waals surface area (Å²) in [5, 5.41) is 9.93. The van der Waals surface area contributed by atoms with Crippen LogP contribution in [-0.4, -0.2) is 25.2 Å². The van der Waals surface area contributed by atoms with Gasteiger partial charge in [-0.25, -0.2) is 0 Å². The van der Waals surface area contributed by atoms with Gasteiger partial charge in [-0.05, 0) is 35.7 Å². The summed E-state index contributed by atoms with van der Waals surface area (Å²) >= 11 is 0. The number of benzene rings is 2. The van der Waals surface area contributed by atoms with Gasteiger partial charge in [0.25, 0.3) is 0 Å². The lowest BCUT2D eigenvalue weighted by atomic mass is 9.99. The van der Waals surface area contributed by atoms with Crippen LogP contribution in [0.25, 0.3) is 0 Å². The third kappa shape index (κ3) is 2.95. The predicted molar refractivity (Wildman–Crippen MR) is 87.2 cm³/mol. The molecule has 2 aromatic rings. The van der Waals surface area contributed by atoms with Crippen molar-refractivity contribution in [2.75, 3.05) is 19.1 Å². The summed E-state index contributed by atoms with van der Waals surface area (Å²) in [6, 6.07) is 11.1. The first-order valence-electron chi connectivity index (χ1n) is 7.45. The average Bonchev–Trinajstić information content (AvgIpc) is 2.57. The average molecular weight is 313 g/mol. The second-order valence-electron chi connectivity index (χ2n) is 5.48. The van der Waals surface area contributed by atoms with Crippen molar-refractivity contribution in [2.24, 2.45) is 0 Å². The fraction of sp³-hybridized carbons (Fsp3) is 0.278. The minimum atomic E-state index is 0.0630. The van der Waals surface area contributed by atoms with Crippen LogP contribution in [0.2, 0.25) is 0 Å². The lowest BCUT2D eigenvalue weighted by Gasteiger charge is -2.30. The Bertz CT molecular complexity index is 742. The maximum absolute atomic E-state index is 12.4. The summed E-state index contributed by atoms with van der Waals surface area (Å²) in [5.41, 5.74) is 2.72. The second-order valence-corrected chi connectivity index (χ2v) is 5.48. The number of carbonyl (C=O) groups excluding carboxylic acids is 1. The number of hydrogen-bond donors (Lipinski definition) is 1. The number of ether oxygens (including phenoxy) is 2. The normalized spacial score (nSPS) is 13.7. The predicted octanol–water partition coefficient (Wildman–Crippen LogP) is 2.89. The highest BCUT2D eigenvalue weighted by Gasteiger charge is 2.26. The van der Waals surface area contributed by atoms with Gasteiger partial charge in [-0.1, -0.05) is 12.1 Å². The van der Waals surface area contributed by atoms with Crippen molar-refractivity contribution in [3.8, 4) is 17.2 Å². The standard InChI is InChI=1S/C18H19NO4/c1-22-14-5-3-4-12(8-14)11-19-15-10-17(23-2)16(20)9-13(15)6-7-18(19)21/h3-5,8-10,20H,6-7,11H2,1-2H3. The molecule has 5 nitrogen and oxygen atoms in total. The molecule has 0 radical (unpaired) electrons. The van der Waals surface area contributed by atoms with Crippen molar-refractivity contribution in [3.63, 3.8) is 0 Å². The first-order valence-corrected chi connectivity index (χ1v) is 7.45. The lowest BCUT2D eigenvalue weighted by molar-refractivity contribution is -0.119. The van der Waals surface area contributed by atoms with Crippen LogP contribution < -0.4 is 14.4 Å². The van der Waals surface area contributed by atoms with E-state index in [9.17, 15) is 9.90 Å². The van der Waals surface area contributed by atoms with Gasteiger partial charge in [0.05, 0.1) is 26.5 Å². The molecule has 0 saturated heterocycles. The molecule has 0 atom stereocenters. The number of amides is 1. The summed E-state index contributed by atoms with van der Waals surface area (Å²) in [4.78, 5) is 14.1. The van der Waals surface area contributed by atoms with E-state index in [1.165, 1.54) is 7.11 Å². The van der Waals surface area contributed by atoms with Crippen molar-refractivity contribution in [3.05, 3.63) is 47.5 Å². The second kappa shape index (κ2) is 6.20. The summed E-state index contributed by atoms with van der Waals surface area (Å²) in [6.45, 7) is 0.455. The van der Waals surface area contributed by atoms with Crippen molar-refractivity contribution >= 4 is 11.6 Å². The van der Waals surface area contributed by atoms with Gasteiger partial charge in [-0.2, -0.15) is 0 Å². The Morgan fingerprint density at radius 1 is 1.13 bits per heavy atom. The molecule has 1 aliphatic heterocycles. The Morgan fingerprint density at radius 3 is 2.70 bits per heavy atom. The van der Waals surface area contributed by atoms with Crippen molar-refractivity contribution in [1.29, 1.82) is 0 Å². The summed E-state index contributed by atoms with van der Waals surface area (Å²) < 4.78 is 10.4. The van der Waals surface area contributed by atoms with Crippen molar-refractivity contribution < 1.29 is 19.4 Å². The molecule has 0 bridgehead atoms. The maximum Gasteiger partial charge on any atom is 0.227 e. The van der Waals surface area contributed by atoms with E-state index in [-0.39, 0.29) is 11.7 Å². The molecule has 1 amide bonds. The van der Waals surface area contributed by atoms with Crippen LogP contribution in [0.3, 0.4) is 0 Å². The number of anilines is 1. The smallest absolute Gasteiger partial charge is 0.227 e. The minimum Gasteiger partial charge on any atom is -0.504 e. The molecule has 0 aromatic heterocycles. The SMILES string of the molecule is COc1cccc(CN2C(=O)CCc3cc(O)c(OC)cc32)c1. The Balaban J connectivity index is 1.97. The largest absolute Gasteiger partial charge is 0.504 e. The summed E-state index contributed by atoms with van der Waals surface area (Å²) in [5.74, 6) is 1.29. The number of aryl methyl sites for hydroxylation is 1. The van der Waals surface area contributed by atoms with E-state index in [1.807, 2.05) is 24.3 Å². The van der Waals surface area contributed by atoms with Crippen LogP contribution in [0.5, 0.6) is 17.2 Å². The zero-order valence-electron chi connectivity index (χ0n) is 13.2. The van der Waals surface area contributed by atoms with E-state index >= 15 is 0 Å². The fourth-order valence-corrected chi connectivity index (χ4v) is 2.85. The van der Waals surface area contributed by atoms with Gasteiger partial charge in [-0.15, -0.1) is 0 Å². The fourth-order valence-electron chi connectivity index (χ4n) is 2.85. The Hall–Kier alpha value is -2.69. The maximum atomic E-state index is 12.4. The lowest BCUT2D eigenvalue weighted by Crippen LogP contribution is -2.34. The van der Waals surface area contributed by atoms with Crippen LogP contribution in [0.1, 0.15) is 17.5 Å². The van der Waals surface area contributed by atoms with Crippen LogP contribution in [0, 0.1) is 0 Å². The van der Waals surface area contributed by atoms with Gasteiger partial charge in [0.1, 0.15) is 5.75 Å². The number of carbonyl (C=O) groups is 1. The van der Waals surface area contributed by atoms with Gasteiger partial charge in [0.15, 0.2) is 11.5 Å². The molecule has 5 heteroatoms. The number of nitrogens with zero attached hydrogens (tertiary/aromatic N) is 1. The Morgan fingerprint density at radius 2 is 1.96 bits per heavy atom. The first-order chi connectivity index (χ1) is 11.1. The van der Waals surface area contributed by atoms with Crippen LogP contribution in [-0.2, 0) is 17.8 Å². The van der Waals surface area contributed by atoms with Crippen LogP contribution in [0.15, 0.2) is 36.4 Å². The highest BCUT2D eigenvalue weighted by molar-refractivity contribution is 5.96. The highest BCUT2D eigenvalue weighted by Crippen LogP contribution is 2.38. The van der Waals surface area contributed by atoms with Crippen LogP contribution >= 0.6 is 0 Å². The highest BCUT2D eigenvalue weighted by atomic mass is 16.5. The van der Waals surface area contributed by atoms with Gasteiger partial charge in [-0.3, -0.25) is 4.79 Å². The van der Waals surface area contributed by atoms with E-state index < -0.39 is 0 Å². The molecule has 0 fully saturated rings. The number of methoxy groups -OCH3 is 2. The number of rotatable bonds is 4. The molecule has 1 aliphatic rings. The van der Waals surface area contributed by atoms with Crippen molar-refractivity contribution in [2.45, 2.75) is 19.4 Å². The third-order valence-electron chi connectivity index (χ3n) is 4.06. The Kier molecular flexibility index (Phi) is 4.10. The molecule has 0 saturated carbocycles. The molecule has 2 aromatic carbocycles. The molecule has 0 aliphatic carbocycles. The number of hydrogen-bond acceptors (Lipinski definition) is 4. The first kappa shape index (κ1) is 15.2. The van der Waals surface area contributed by atoms with E-state index in [4.69, 9.17) is 9.47 Å². The molecular weight excluding hydrogens is 294 g/mol. The molecule has 1 N–H and O–H groups in total. The molecule has 23 heavy (non-hydrogen) atoms. The molecular formula is C18H19NO4. The topological polar surface area (TPSA) is 59.0 Å². The van der Waals surface area contributed by atoms with Gasteiger partial charge < -0.3 is 19.5 Å². The zero-order valence-corrected chi connectivity index (χ0v) is 13.2. The molecule has 3 rings (SSSR count). The van der Waals surface area contributed by atoms with Gasteiger partial charge in [0.2, 0.25) is 5.91 Å². The zero-order chi connectivity index (χ0) is 16.4. The quantitative estimate of drug-likeness (QED) is 0.943. The molecule has 120 valence electrons. The molecule has 0 unspecified atom stereocenters. The van der Waals surface area contributed by atoms with E-state index in [0.29, 0.717) is 25.1 Å². The van der Waals surface area contributed by atoms with Gasteiger partial charge in [0, 0.05) is 12.5 Å². The summed E-state index contributed by atoms with van der Waals surface area (Å²) in [7, 11) is 3.12. The molecule has 0 spiro atoms. The minimum absolute atomic E-state index is 0.0630. The van der Waals surface area contributed by atoms with Crippen LogP contribution in [0.4, 0.5) is 5.69 Å². The number of aromatic hydroxyl groups is 1. The number of phenols is 1. The number of phenolic OH excluding ortho intramolecular Hbond substituents is 1. The summed E-state index contributed by atoms with van der Waals surface area (Å²) in [6.07, 6.45) is 1.06. The van der Waals surface area contributed by atoms with E-state index in [1.54, 1.807) is 24.1 Å². The monoisotopic (exact) mass is 313 g/mol. The van der Waals surface area contributed by atoms with E-state index in [0.717, 1.165) is 22.6 Å². The van der Waals surface area contributed by atoms with Gasteiger partial charge >= 0.3 is 0 Å².